The zero-order valence-corrected chi connectivity index (χ0v) is 12.0. The molecule has 0 fully saturated rings. The van der Waals surface area contributed by atoms with Crippen LogP contribution < -0.4 is 16.1 Å². The van der Waals surface area contributed by atoms with Gasteiger partial charge in [0.25, 0.3) is 0 Å². The van der Waals surface area contributed by atoms with E-state index in [9.17, 15) is 9.59 Å². The maximum absolute atomic E-state index is 12.4. The Morgan fingerprint density at radius 2 is 1.82 bits per heavy atom. The van der Waals surface area contributed by atoms with Gasteiger partial charge in [0, 0.05) is 0 Å². The molecule has 0 amide bonds. The predicted molar refractivity (Wildman–Crippen MR) is 82.7 cm³/mol. The molecule has 0 radical (unpaired) electrons. The predicted octanol–water partition coefficient (Wildman–Crippen LogP) is 1.38. The maximum atomic E-state index is 12.4. The molecule has 0 bridgehead atoms. The fourth-order valence-electron chi connectivity index (χ4n) is 2.26. The summed E-state index contributed by atoms with van der Waals surface area (Å²) >= 11 is 0. The molecule has 0 spiro atoms. The van der Waals surface area contributed by atoms with Gasteiger partial charge < -0.3 is 4.74 Å². The lowest BCUT2D eigenvalue weighted by Crippen LogP contribution is -2.28. The van der Waals surface area contributed by atoms with Crippen molar-refractivity contribution in [2.75, 3.05) is 7.11 Å². The standard InChI is InChI=1S/C16H15N3O3/c1-22-14-9-5-6-12(10-14)11-18-15(20)17-19(16(18)21)13-7-3-2-4-8-13/h2-10H,11H2,1H3,(H,17,20). The Morgan fingerprint density at radius 1 is 1.05 bits per heavy atom. The molecule has 1 N–H and O–H groups in total. The van der Waals surface area contributed by atoms with Crippen LogP contribution in [0.25, 0.3) is 5.69 Å². The van der Waals surface area contributed by atoms with Crippen molar-refractivity contribution in [1.82, 2.24) is 14.3 Å². The van der Waals surface area contributed by atoms with Gasteiger partial charge in [-0.25, -0.2) is 23.9 Å². The van der Waals surface area contributed by atoms with E-state index in [4.69, 9.17) is 4.74 Å². The first-order valence-electron chi connectivity index (χ1n) is 6.79. The molecule has 0 atom stereocenters. The lowest BCUT2D eigenvalue weighted by atomic mass is 10.2. The molecular formula is C16H15N3O3. The molecule has 1 aromatic heterocycles. The summed E-state index contributed by atoms with van der Waals surface area (Å²) in [5.41, 5.74) is 0.586. The van der Waals surface area contributed by atoms with Crippen LogP contribution in [0.3, 0.4) is 0 Å². The number of H-pyrrole nitrogens is 1. The average molecular weight is 297 g/mol. The quantitative estimate of drug-likeness (QED) is 0.791. The van der Waals surface area contributed by atoms with Gasteiger partial charge in [0.05, 0.1) is 19.3 Å². The largest absolute Gasteiger partial charge is 0.497 e. The summed E-state index contributed by atoms with van der Waals surface area (Å²) in [6.45, 7) is 0.186. The molecule has 3 aromatic rings. The van der Waals surface area contributed by atoms with E-state index in [0.717, 1.165) is 10.1 Å². The Bertz CT molecular complexity index is 891. The zero-order valence-electron chi connectivity index (χ0n) is 12.0. The summed E-state index contributed by atoms with van der Waals surface area (Å²) in [6, 6.07) is 16.2. The average Bonchev–Trinajstić information content (AvgIpc) is 2.84. The molecule has 0 aliphatic heterocycles. The fourth-order valence-corrected chi connectivity index (χ4v) is 2.26. The van der Waals surface area contributed by atoms with E-state index < -0.39 is 11.4 Å². The SMILES string of the molecule is COc1cccc(Cn2c(=O)[nH]n(-c3ccccc3)c2=O)c1. The smallest absolute Gasteiger partial charge is 0.352 e. The normalized spacial score (nSPS) is 10.6. The van der Waals surface area contributed by atoms with Crippen molar-refractivity contribution in [3.8, 4) is 11.4 Å². The molecule has 0 unspecified atom stereocenters. The van der Waals surface area contributed by atoms with E-state index in [-0.39, 0.29) is 6.54 Å². The Hall–Kier alpha value is -3.02. The van der Waals surface area contributed by atoms with Crippen LogP contribution in [0.4, 0.5) is 0 Å². The number of aromatic nitrogens is 3. The summed E-state index contributed by atoms with van der Waals surface area (Å²) < 4.78 is 7.54. The van der Waals surface area contributed by atoms with Crippen LogP contribution in [0.5, 0.6) is 5.75 Å². The molecule has 112 valence electrons. The van der Waals surface area contributed by atoms with Gasteiger partial charge in [-0.1, -0.05) is 30.3 Å². The van der Waals surface area contributed by atoms with Crippen LogP contribution in [-0.4, -0.2) is 21.5 Å². The summed E-state index contributed by atoms with van der Waals surface area (Å²) in [6.07, 6.45) is 0. The number of para-hydroxylation sites is 1. The Labute approximate surface area is 126 Å². The first kappa shape index (κ1) is 13.9. The summed E-state index contributed by atoms with van der Waals surface area (Å²) in [5.74, 6) is 0.685. The molecular weight excluding hydrogens is 282 g/mol. The number of methoxy groups -OCH3 is 1. The third-order valence-electron chi connectivity index (χ3n) is 3.36. The molecule has 3 rings (SSSR count). The second-order valence-electron chi connectivity index (χ2n) is 4.81. The number of rotatable bonds is 4. The number of nitrogens with zero attached hydrogens (tertiary/aromatic N) is 2. The van der Waals surface area contributed by atoms with Gasteiger partial charge in [-0.15, -0.1) is 0 Å². The first-order valence-corrected chi connectivity index (χ1v) is 6.79. The second kappa shape index (κ2) is 5.77. The number of hydrogen-bond donors (Lipinski definition) is 1. The highest BCUT2D eigenvalue weighted by Crippen LogP contribution is 2.12. The van der Waals surface area contributed by atoms with E-state index in [1.54, 1.807) is 37.4 Å². The van der Waals surface area contributed by atoms with Crippen LogP contribution in [0.15, 0.2) is 64.2 Å². The van der Waals surface area contributed by atoms with E-state index in [1.807, 2.05) is 24.3 Å². The Balaban J connectivity index is 2.00. The van der Waals surface area contributed by atoms with Crippen LogP contribution in [-0.2, 0) is 6.54 Å². The van der Waals surface area contributed by atoms with Crippen LogP contribution >= 0.6 is 0 Å². The number of ether oxygens (including phenoxy) is 1. The second-order valence-corrected chi connectivity index (χ2v) is 4.81. The lowest BCUT2D eigenvalue weighted by molar-refractivity contribution is 0.414. The summed E-state index contributed by atoms with van der Waals surface area (Å²) in [5, 5.41) is 2.56. The van der Waals surface area contributed by atoms with E-state index in [0.29, 0.717) is 11.4 Å². The van der Waals surface area contributed by atoms with Crippen molar-refractivity contribution in [1.29, 1.82) is 0 Å². The molecule has 6 nitrogen and oxygen atoms in total. The van der Waals surface area contributed by atoms with Gasteiger partial charge >= 0.3 is 11.4 Å². The third-order valence-corrected chi connectivity index (χ3v) is 3.36. The van der Waals surface area contributed by atoms with E-state index in [2.05, 4.69) is 5.10 Å². The van der Waals surface area contributed by atoms with Crippen molar-refractivity contribution in [2.24, 2.45) is 0 Å². The molecule has 0 saturated heterocycles. The highest BCUT2D eigenvalue weighted by molar-refractivity contribution is 5.30. The summed E-state index contributed by atoms with van der Waals surface area (Å²) in [4.78, 5) is 24.5. The Morgan fingerprint density at radius 3 is 2.55 bits per heavy atom. The topological polar surface area (TPSA) is 69.0 Å². The van der Waals surface area contributed by atoms with E-state index in [1.165, 1.54) is 4.68 Å². The molecule has 2 aromatic carbocycles. The molecule has 0 saturated carbocycles. The number of benzene rings is 2. The minimum absolute atomic E-state index is 0.186. The monoisotopic (exact) mass is 297 g/mol. The zero-order chi connectivity index (χ0) is 15.5. The maximum Gasteiger partial charge on any atom is 0.352 e. The third kappa shape index (κ3) is 2.58. The van der Waals surface area contributed by atoms with Gasteiger partial charge in [-0.05, 0) is 29.8 Å². The van der Waals surface area contributed by atoms with Gasteiger partial charge in [0.15, 0.2) is 0 Å². The number of aromatic amines is 1. The molecule has 22 heavy (non-hydrogen) atoms. The van der Waals surface area contributed by atoms with Crippen molar-refractivity contribution >= 4 is 0 Å². The van der Waals surface area contributed by atoms with Gasteiger partial charge in [0.1, 0.15) is 5.75 Å². The lowest BCUT2D eigenvalue weighted by Gasteiger charge is -2.04. The van der Waals surface area contributed by atoms with Crippen molar-refractivity contribution in [3.63, 3.8) is 0 Å². The van der Waals surface area contributed by atoms with E-state index >= 15 is 0 Å². The molecule has 0 aliphatic carbocycles. The minimum atomic E-state index is -0.448. The molecule has 0 aliphatic rings. The van der Waals surface area contributed by atoms with Crippen molar-refractivity contribution < 1.29 is 4.74 Å². The van der Waals surface area contributed by atoms with Crippen molar-refractivity contribution in [2.45, 2.75) is 6.54 Å². The Kier molecular flexibility index (Phi) is 3.65. The van der Waals surface area contributed by atoms with Crippen molar-refractivity contribution in [3.05, 3.63) is 81.1 Å². The van der Waals surface area contributed by atoms with Crippen LogP contribution in [0, 0.1) is 0 Å². The van der Waals surface area contributed by atoms with Gasteiger partial charge in [-0.2, -0.15) is 0 Å². The first-order chi connectivity index (χ1) is 10.7. The molecule has 1 heterocycles. The minimum Gasteiger partial charge on any atom is -0.497 e. The highest BCUT2D eigenvalue weighted by Gasteiger charge is 2.11. The van der Waals surface area contributed by atoms with Gasteiger partial charge in [-0.3, -0.25) is 0 Å². The van der Waals surface area contributed by atoms with Crippen LogP contribution in [0.1, 0.15) is 5.56 Å². The highest BCUT2D eigenvalue weighted by atomic mass is 16.5. The molecule has 6 heteroatoms. The van der Waals surface area contributed by atoms with Gasteiger partial charge in [0.2, 0.25) is 0 Å². The fraction of sp³-hybridized carbons (Fsp3) is 0.125. The number of nitrogens with one attached hydrogen (secondary N) is 1. The summed E-state index contributed by atoms with van der Waals surface area (Å²) in [7, 11) is 1.57. The number of hydrogen-bond acceptors (Lipinski definition) is 3. The van der Waals surface area contributed by atoms with Crippen LogP contribution in [0.2, 0.25) is 0 Å².